The number of nitrogens with one attached hydrogen (secondary N) is 2. The van der Waals surface area contributed by atoms with Crippen LogP contribution < -0.4 is 5.32 Å². The Labute approximate surface area is 177 Å². The van der Waals surface area contributed by atoms with Gasteiger partial charge in [-0.25, -0.2) is 4.98 Å². The highest BCUT2D eigenvalue weighted by Crippen LogP contribution is 2.47. The molecule has 3 aliphatic rings. The van der Waals surface area contributed by atoms with E-state index in [9.17, 15) is 4.79 Å². The van der Waals surface area contributed by atoms with Gasteiger partial charge in [0.25, 0.3) is 0 Å². The second-order valence-corrected chi connectivity index (χ2v) is 9.54. The zero-order valence-corrected chi connectivity index (χ0v) is 17.6. The SMILES string of the molecule is O=C(O)CC1CCC2(CC1)CCN(C1CC=C(c3nc4ccccc4[nH]3)CN1)CC2. The van der Waals surface area contributed by atoms with E-state index < -0.39 is 5.97 Å². The molecule has 3 N–H and O–H groups in total. The number of benzene rings is 1. The minimum absolute atomic E-state index is 0.355. The van der Waals surface area contributed by atoms with Crippen LogP contribution in [0.2, 0.25) is 0 Å². The summed E-state index contributed by atoms with van der Waals surface area (Å²) >= 11 is 0. The molecule has 6 nitrogen and oxygen atoms in total. The fourth-order valence-electron chi connectivity index (χ4n) is 5.75. The van der Waals surface area contributed by atoms with Gasteiger partial charge in [0, 0.05) is 31.6 Å². The van der Waals surface area contributed by atoms with Gasteiger partial charge in [0.2, 0.25) is 0 Å². The highest BCUT2D eigenvalue weighted by molar-refractivity contribution is 5.79. The second kappa shape index (κ2) is 8.16. The Bertz CT molecular complexity index is 899. The maximum absolute atomic E-state index is 11.0. The molecule has 0 amide bonds. The number of fused-ring (bicyclic) bond motifs is 1. The maximum Gasteiger partial charge on any atom is 0.303 e. The summed E-state index contributed by atoms with van der Waals surface area (Å²) in [5, 5.41) is 12.8. The van der Waals surface area contributed by atoms with Crippen LogP contribution in [0, 0.1) is 11.3 Å². The minimum atomic E-state index is -0.635. The first-order valence-electron chi connectivity index (χ1n) is 11.4. The van der Waals surface area contributed by atoms with E-state index in [4.69, 9.17) is 10.1 Å². The van der Waals surface area contributed by atoms with Crippen LogP contribution >= 0.6 is 0 Å². The van der Waals surface area contributed by atoms with Gasteiger partial charge in [0.05, 0.1) is 17.2 Å². The molecule has 160 valence electrons. The van der Waals surface area contributed by atoms with Crippen LogP contribution in [0.25, 0.3) is 16.6 Å². The van der Waals surface area contributed by atoms with Crippen molar-refractivity contribution in [1.82, 2.24) is 20.2 Å². The van der Waals surface area contributed by atoms with Crippen molar-refractivity contribution in [2.75, 3.05) is 19.6 Å². The van der Waals surface area contributed by atoms with E-state index in [-0.39, 0.29) is 0 Å². The molecular formula is C24H32N4O2. The lowest BCUT2D eigenvalue weighted by molar-refractivity contribution is -0.138. The Morgan fingerprint density at radius 2 is 1.93 bits per heavy atom. The van der Waals surface area contributed by atoms with Crippen molar-refractivity contribution in [2.45, 2.75) is 57.5 Å². The number of carbonyl (C=O) groups is 1. The molecule has 1 saturated heterocycles. The van der Waals surface area contributed by atoms with Gasteiger partial charge in [0.15, 0.2) is 0 Å². The molecule has 1 aliphatic carbocycles. The Morgan fingerprint density at radius 3 is 2.60 bits per heavy atom. The van der Waals surface area contributed by atoms with Gasteiger partial charge < -0.3 is 10.1 Å². The summed E-state index contributed by atoms with van der Waals surface area (Å²) in [7, 11) is 0. The average molecular weight is 409 g/mol. The van der Waals surface area contributed by atoms with Crippen molar-refractivity contribution < 1.29 is 9.90 Å². The number of carboxylic acids is 1. The Balaban J connectivity index is 1.15. The van der Waals surface area contributed by atoms with Crippen molar-refractivity contribution in [3.63, 3.8) is 0 Å². The number of piperidine rings is 1. The standard InChI is InChI=1S/C24H32N4O2/c29-22(30)15-17-7-9-24(10-8-17)11-13-28(14-12-24)21-6-5-18(16-25-21)23-26-19-3-1-2-4-20(19)27-23/h1-5,17,21,25H,6-16H2,(H,26,27)(H,29,30). The predicted molar refractivity (Wildman–Crippen MR) is 118 cm³/mol. The summed E-state index contributed by atoms with van der Waals surface area (Å²) in [6.07, 6.45) is 11.3. The molecule has 0 radical (unpaired) electrons. The van der Waals surface area contributed by atoms with E-state index in [1.807, 2.05) is 18.2 Å². The van der Waals surface area contributed by atoms with Gasteiger partial charge >= 0.3 is 5.97 Å². The second-order valence-electron chi connectivity index (χ2n) is 9.54. The first-order valence-corrected chi connectivity index (χ1v) is 11.4. The Kier molecular flexibility index (Phi) is 5.37. The summed E-state index contributed by atoms with van der Waals surface area (Å²) in [5.41, 5.74) is 3.84. The molecule has 1 aromatic heterocycles. The smallest absolute Gasteiger partial charge is 0.303 e. The highest BCUT2D eigenvalue weighted by atomic mass is 16.4. The number of likely N-dealkylation sites (tertiary alicyclic amines) is 1. The lowest BCUT2D eigenvalue weighted by Gasteiger charge is -2.48. The highest BCUT2D eigenvalue weighted by Gasteiger charge is 2.39. The van der Waals surface area contributed by atoms with E-state index in [0.29, 0.717) is 23.9 Å². The third-order valence-electron chi connectivity index (χ3n) is 7.74. The zero-order chi connectivity index (χ0) is 20.6. The Hall–Kier alpha value is -2.18. The summed E-state index contributed by atoms with van der Waals surface area (Å²) in [5.74, 6) is 0.745. The number of aromatic amines is 1. The van der Waals surface area contributed by atoms with Crippen molar-refractivity contribution >= 4 is 22.6 Å². The van der Waals surface area contributed by atoms with Gasteiger partial charge in [0.1, 0.15) is 5.82 Å². The molecule has 30 heavy (non-hydrogen) atoms. The molecule has 1 atom stereocenters. The van der Waals surface area contributed by atoms with Gasteiger partial charge in [-0.3, -0.25) is 15.0 Å². The van der Waals surface area contributed by atoms with E-state index in [2.05, 4.69) is 27.3 Å². The van der Waals surface area contributed by atoms with Crippen LogP contribution in [-0.4, -0.2) is 51.7 Å². The van der Waals surface area contributed by atoms with Crippen LogP contribution in [0.15, 0.2) is 30.3 Å². The van der Waals surface area contributed by atoms with Crippen molar-refractivity contribution in [2.24, 2.45) is 11.3 Å². The molecule has 2 aromatic rings. The van der Waals surface area contributed by atoms with Crippen LogP contribution in [0.3, 0.4) is 0 Å². The van der Waals surface area contributed by atoms with Crippen LogP contribution in [-0.2, 0) is 4.79 Å². The zero-order valence-electron chi connectivity index (χ0n) is 17.6. The van der Waals surface area contributed by atoms with Gasteiger partial charge in [-0.1, -0.05) is 18.2 Å². The maximum atomic E-state index is 11.0. The topological polar surface area (TPSA) is 81.2 Å². The molecule has 6 heteroatoms. The van der Waals surface area contributed by atoms with Crippen LogP contribution in [0.5, 0.6) is 0 Å². The van der Waals surface area contributed by atoms with Crippen molar-refractivity contribution in [1.29, 1.82) is 0 Å². The molecule has 2 fully saturated rings. The number of aliphatic carboxylic acids is 1. The van der Waals surface area contributed by atoms with Crippen LogP contribution in [0.1, 0.15) is 57.2 Å². The third-order valence-corrected chi connectivity index (χ3v) is 7.74. The quantitative estimate of drug-likeness (QED) is 0.712. The van der Waals surface area contributed by atoms with Gasteiger partial charge in [-0.05, 0) is 68.4 Å². The number of nitrogens with zero attached hydrogens (tertiary/aromatic N) is 2. The van der Waals surface area contributed by atoms with E-state index in [0.717, 1.165) is 55.8 Å². The number of carboxylic acid groups (broad SMARTS) is 1. The average Bonchev–Trinajstić information content (AvgIpc) is 3.20. The molecule has 2 aliphatic heterocycles. The molecule has 1 unspecified atom stereocenters. The van der Waals surface area contributed by atoms with Gasteiger partial charge in [-0.15, -0.1) is 0 Å². The fraction of sp³-hybridized carbons (Fsp3) is 0.583. The summed E-state index contributed by atoms with van der Waals surface area (Å²) < 4.78 is 0. The first kappa shape index (κ1) is 19.8. The molecule has 5 rings (SSSR count). The molecular weight excluding hydrogens is 376 g/mol. The number of H-pyrrole nitrogens is 1. The lowest BCUT2D eigenvalue weighted by atomic mass is 9.65. The number of rotatable bonds is 4. The number of hydrogen-bond donors (Lipinski definition) is 3. The number of para-hydroxylation sites is 2. The van der Waals surface area contributed by atoms with Gasteiger partial charge in [-0.2, -0.15) is 0 Å². The van der Waals surface area contributed by atoms with Crippen molar-refractivity contribution in [3.8, 4) is 0 Å². The predicted octanol–water partition coefficient (Wildman–Crippen LogP) is 4.01. The molecule has 3 heterocycles. The fourth-order valence-corrected chi connectivity index (χ4v) is 5.75. The summed E-state index contributed by atoms with van der Waals surface area (Å²) in [6, 6.07) is 8.19. The van der Waals surface area contributed by atoms with Crippen molar-refractivity contribution in [3.05, 3.63) is 36.2 Å². The third kappa shape index (κ3) is 4.03. The largest absolute Gasteiger partial charge is 0.481 e. The minimum Gasteiger partial charge on any atom is -0.481 e. The Morgan fingerprint density at radius 1 is 1.17 bits per heavy atom. The first-order chi connectivity index (χ1) is 14.6. The normalized spacial score (nSPS) is 25.5. The summed E-state index contributed by atoms with van der Waals surface area (Å²) in [6.45, 7) is 3.15. The number of hydrogen-bond acceptors (Lipinski definition) is 4. The van der Waals surface area contributed by atoms with Crippen LogP contribution in [0.4, 0.5) is 0 Å². The molecule has 1 spiro atoms. The number of imidazole rings is 1. The van der Waals surface area contributed by atoms with E-state index in [1.54, 1.807) is 0 Å². The molecule has 1 aromatic carbocycles. The molecule has 0 bridgehead atoms. The lowest BCUT2D eigenvalue weighted by Crippen LogP contribution is -2.52. The molecule has 1 saturated carbocycles. The summed E-state index contributed by atoms with van der Waals surface area (Å²) in [4.78, 5) is 21.8. The number of aromatic nitrogens is 2. The van der Waals surface area contributed by atoms with E-state index in [1.165, 1.54) is 31.3 Å². The van der Waals surface area contributed by atoms with E-state index >= 15 is 0 Å². The monoisotopic (exact) mass is 408 g/mol.